The number of likely N-dealkylation sites (N-methyl/N-ethyl adjacent to an activating group) is 1. The van der Waals surface area contributed by atoms with E-state index in [1.165, 1.54) is 6.42 Å². The Kier molecular flexibility index (Phi) is 3.78. The summed E-state index contributed by atoms with van der Waals surface area (Å²) in [6.45, 7) is 3.45. The van der Waals surface area contributed by atoms with Crippen molar-refractivity contribution < 1.29 is 9.32 Å². The molecule has 0 saturated carbocycles. The minimum Gasteiger partial charge on any atom is -0.361 e. The molecule has 1 amide bonds. The van der Waals surface area contributed by atoms with Crippen LogP contribution in [0, 0.1) is 6.92 Å². The first-order valence-corrected chi connectivity index (χ1v) is 6.11. The zero-order valence-electron chi connectivity index (χ0n) is 10.4. The molecule has 0 aliphatic carbocycles. The van der Waals surface area contributed by atoms with Crippen molar-refractivity contribution in [3.63, 3.8) is 0 Å². The molecule has 2 rings (SSSR count). The van der Waals surface area contributed by atoms with Crippen molar-refractivity contribution in [1.29, 1.82) is 0 Å². The molecule has 1 atom stereocenters. The predicted octanol–water partition coefficient (Wildman–Crippen LogP) is 1.20. The second kappa shape index (κ2) is 5.31. The van der Waals surface area contributed by atoms with Crippen LogP contribution in [0.1, 0.15) is 35.5 Å². The molecule has 0 radical (unpaired) electrons. The maximum atomic E-state index is 12.3. The number of rotatable bonds is 3. The smallest absolute Gasteiger partial charge is 0.276 e. The molecule has 0 bridgehead atoms. The summed E-state index contributed by atoms with van der Waals surface area (Å²) in [4.78, 5) is 14.2. The molecule has 0 spiro atoms. The molecule has 1 aromatic heterocycles. The average Bonchev–Trinajstić information content (AvgIpc) is 2.76. The number of carbonyl (C=O) groups is 1. The van der Waals surface area contributed by atoms with Gasteiger partial charge in [-0.3, -0.25) is 4.79 Å². The first-order valence-electron chi connectivity index (χ1n) is 6.11. The molecule has 1 unspecified atom stereocenters. The van der Waals surface area contributed by atoms with E-state index in [4.69, 9.17) is 4.52 Å². The van der Waals surface area contributed by atoms with E-state index in [1.807, 2.05) is 11.9 Å². The summed E-state index contributed by atoms with van der Waals surface area (Å²) in [6, 6.07) is 1.98. The number of nitrogens with one attached hydrogen (secondary N) is 1. The molecule has 0 aromatic carbocycles. The number of aromatic nitrogens is 1. The van der Waals surface area contributed by atoms with Gasteiger partial charge in [-0.05, 0) is 33.2 Å². The quantitative estimate of drug-likeness (QED) is 0.858. The summed E-state index contributed by atoms with van der Waals surface area (Å²) in [7, 11) is 1.91. The van der Waals surface area contributed by atoms with Crippen molar-refractivity contribution >= 4 is 5.91 Å². The topological polar surface area (TPSA) is 58.4 Å². The normalized spacial score (nSPS) is 20.6. The first kappa shape index (κ1) is 12.1. The van der Waals surface area contributed by atoms with Gasteiger partial charge in [0, 0.05) is 25.2 Å². The fraction of sp³-hybridized carbons (Fsp3) is 0.667. The van der Waals surface area contributed by atoms with E-state index in [1.54, 1.807) is 13.0 Å². The monoisotopic (exact) mass is 237 g/mol. The Labute approximate surface area is 101 Å². The summed E-state index contributed by atoms with van der Waals surface area (Å²) in [5.41, 5.74) is 0.422. The Balaban J connectivity index is 2.10. The Morgan fingerprint density at radius 2 is 2.47 bits per heavy atom. The molecule has 1 saturated heterocycles. The molecule has 5 heteroatoms. The lowest BCUT2D eigenvalue weighted by molar-refractivity contribution is 0.0604. The molecule has 1 aromatic rings. The Morgan fingerprint density at radius 1 is 1.65 bits per heavy atom. The molecule has 1 aliphatic rings. The van der Waals surface area contributed by atoms with Crippen molar-refractivity contribution in [2.24, 2.45) is 0 Å². The minimum absolute atomic E-state index is 0.0122. The third-order valence-electron chi connectivity index (χ3n) is 3.17. The Hall–Kier alpha value is -1.36. The van der Waals surface area contributed by atoms with E-state index in [9.17, 15) is 4.79 Å². The number of aryl methyl sites for hydroxylation is 1. The van der Waals surface area contributed by atoms with Crippen LogP contribution in [0.2, 0.25) is 0 Å². The Bertz CT molecular complexity index is 387. The number of amides is 1. The van der Waals surface area contributed by atoms with Crippen LogP contribution < -0.4 is 5.32 Å². The van der Waals surface area contributed by atoms with Gasteiger partial charge in [0.05, 0.1) is 0 Å². The van der Waals surface area contributed by atoms with Gasteiger partial charge >= 0.3 is 0 Å². The number of hydrogen-bond acceptors (Lipinski definition) is 4. The van der Waals surface area contributed by atoms with Crippen molar-refractivity contribution in [3.05, 3.63) is 17.5 Å². The predicted molar refractivity (Wildman–Crippen MR) is 63.8 cm³/mol. The van der Waals surface area contributed by atoms with E-state index in [0.717, 1.165) is 25.9 Å². The highest BCUT2D eigenvalue weighted by Crippen LogP contribution is 2.19. The molecular formula is C12H19N3O2. The largest absolute Gasteiger partial charge is 0.361 e. The summed E-state index contributed by atoms with van der Waals surface area (Å²) < 4.78 is 4.96. The molecule has 1 N–H and O–H groups in total. The number of piperidine rings is 1. The van der Waals surface area contributed by atoms with Gasteiger partial charge in [-0.2, -0.15) is 0 Å². The lowest BCUT2D eigenvalue weighted by Gasteiger charge is -2.35. The lowest BCUT2D eigenvalue weighted by atomic mass is 10.0. The van der Waals surface area contributed by atoms with Crippen LogP contribution >= 0.6 is 0 Å². The second-order valence-electron chi connectivity index (χ2n) is 4.53. The minimum atomic E-state index is -0.0122. The van der Waals surface area contributed by atoms with Crippen molar-refractivity contribution in [1.82, 2.24) is 15.4 Å². The van der Waals surface area contributed by atoms with Gasteiger partial charge in [-0.15, -0.1) is 0 Å². The number of hydrogen-bond donors (Lipinski definition) is 1. The molecule has 1 fully saturated rings. The van der Waals surface area contributed by atoms with E-state index in [2.05, 4.69) is 10.5 Å². The van der Waals surface area contributed by atoms with Gasteiger partial charge in [0.2, 0.25) is 0 Å². The maximum absolute atomic E-state index is 12.3. The van der Waals surface area contributed by atoms with Crippen LogP contribution in [0.4, 0.5) is 0 Å². The van der Waals surface area contributed by atoms with Crippen molar-refractivity contribution in [2.75, 3.05) is 20.1 Å². The highest BCUT2D eigenvalue weighted by Gasteiger charge is 2.28. The molecule has 2 heterocycles. The van der Waals surface area contributed by atoms with Crippen LogP contribution in [-0.4, -0.2) is 42.1 Å². The van der Waals surface area contributed by atoms with Gasteiger partial charge in [-0.25, -0.2) is 0 Å². The molecule has 5 nitrogen and oxygen atoms in total. The van der Waals surface area contributed by atoms with Gasteiger partial charge in [0.15, 0.2) is 5.69 Å². The first-order chi connectivity index (χ1) is 8.22. The summed E-state index contributed by atoms with van der Waals surface area (Å²) in [6.07, 6.45) is 3.32. The van der Waals surface area contributed by atoms with Gasteiger partial charge in [0.1, 0.15) is 5.76 Å². The number of likely N-dealkylation sites (tertiary alicyclic amines) is 1. The van der Waals surface area contributed by atoms with Gasteiger partial charge in [-0.1, -0.05) is 5.16 Å². The van der Waals surface area contributed by atoms with E-state index < -0.39 is 0 Å². The van der Waals surface area contributed by atoms with Gasteiger partial charge in [0.25, 0.3) is 5.91 Å². The van der Waals surface area contributed by atoms with E-state index in [0.29, 0.717) is 11.5 Å². The SMILES string of the molecule is CNCC1CCCCN1C(=O)c1cc(C)on1. The van der Waals surface area contributed by atoms with Crippen LogP contribution in [-0.2, 0) is 0 Å². The fourth-order valence-corrected chi connectivity index (χ4v) is 2.33. The molecule has 17 heavy (non-hydrogen) atoms. The standard InChI is InChI=1S/C12H19N3O2/c1-9-7-11(14-17-9)12(16)15-6-4-3-5-10(15)8-13-2/h7,10,13H,3-6,8H2,1-2H3. The zero-order valence-corrected chi connectivity index (χ0v) is 10.4. The van der Waals surface area contributed by atoms with E-state index >= 15 is 0 Å². The van der Waals surface area contributed by atoms with Gasteiger partial charge < -0.3 is 14.7 Å². The molecule has 1 aliphatic heterocycles. The van der Waals surface area contributed by atoms with Crippen molar-refractivity contribution in [2.45, 2.75) is 32.2 Å². The van der Waals surface area contributed by atoms with E-state index in [-0.39, 0.29) is 11.9 Å². The third kappa shape index (κ3) is 2.66. The molecular weight excluding hydrogens is 218 g/mol. The Morgan fingerprint density at radius 3 is 3.12 bits per heavy atom. The number of carbonyl (C=O) groups excluding carboxylic acids is 1. The summed E-state index contributed by atoms with van der Waals surface area (Å²) in [5.74, 6) is 0.664. The van der Waals surface area contributed by atoms with Crippen LogP contribution in [0.3, 0.4) is 0 Å². The fourth-order valence-electron chi connectivity index (χ4n) is 2.33. The van der Waals surface area contributed by atoms with Crippen LogP contribution in [0.15, 0.2) is 10.6 Å². The zero-order chi connectivity index (χ0) is 12.3. The number of nitrogens with zero attached hydrogens (tertiary/aromatic N) is 2. The van der Waals surface area contributed by atoms with Crippen molar-refractivity contribution in [3.8, 4) is 0 Å². The highest BCUT2D eigenvalue weighted by molar-refractivity contribution is 5.92. The second-order valence-corrected chi connectivity index (χ2v) is 4.53. The summed E-state index contributed by atoms with van der Waals surface area (Å²) >= 11 is 0. The summed E-state index contributed by atoms with van der Waals surface area (Å²) in [5, 5.41) is 6.94. The highest BCUT2D eigenvalue weighted by atomic mass is 16.5. The lowest BCUT2D eigenvalue weighted by Crippen LogP contribution is -2.48. The third-order valence-corrected chi connectivity index (χ3v) is 3.17. The molecule has 94 valence electrons. The average molecular weight is 237 g/mol. The van der Waals surface area contributed by atoms with Crippen LogP contribution in [0.5, 0.6) is 0 Å². The van der Waals surface area contributed by atoms with Crippen LogP contribution in [0.25, 0.3) is 0 Å². The maximum Gasteiger partial charge on any atom is 0.276 e.